The van der Waals surface area contributed by atoms with E-state index in [4.69, 9.17) is 10.00 Å². The molecule has 0 radical (unpaired) electrons. The average molecular weight is 287 g/mol. The zero-order valence-electron chi connectivity index (χ0n) is 11.6. The molecule has 5 heteroatoms. The number of benzene rings is 1. The highest BCUT2D eigenvalue weighted by atomic mass is 32.1. The van der Waals surface area contributed by atoms with Crippen molar-refractivity contribution in [2.45, 2.75) is 25.9 Å². The van der Waals surface area contributed by atoms with Gasteiger partial charge in [-0.3, -0.25) is 0 Å². The summed E-state index contributed by atoms with van der Waals surface area (Å²) in [6.45, 7) is 5.02. The lowest BCUT2D eigenvalue weighted by Gasteiger charge is -2.24. The van der Waals surface area contributed by atoms with Crippen molar-refractivity contribution < 1.29 is 4.74 Å². The Hall–Kier alpha value is -1.90. The first-order chi connectivity index (χ1) is 9.62. The van der Waals surface area contributed by atoms with Gasteiger partial charge in [-0.2, -0.15) is 5.26 Å². The van der Waals surface area contributed by atoms with E-state index < -0.39 is 0 Å². The molecule has 1 heterocycles. The Morgan fingerprint density at radius 3 is 3.00 bits per heavy atom. The number of hydrogen-bond acceptors (Lipinski definition) is 5. The first-order valence-corrected chi connectivity index (χ1v) is 7.23. The molecular formula is C15H17N3OS. The van der Waals surface area contributed by atoms with Gasteiger partial charge < -0.3 is 10.1 Å². The smallest absolute Gasteiger partial charge is 0.174 e. The molecule has 0 unspecified atom stereocenters. The summed E-state index contributed by atoms with van der Waals surface area (Å²) in [5.74, 6) is 0.720. The highest BCUT2D eigenvalue weighted by molar-refractivity contribution is 7.09. The van der Waals surface area contributed by atoms with Crippen LogP contribution < -0.4 is 10.1 Å². The predicted octanol–water partition coefficient (Wildman–Crippen LogP) is 3.07. The van der Waals surface area contributed by atoms with Crippen LogP contribution in [-0.2, 0) is 12.1 Å². The summed E-state index contributed by atoms with van der Waals surface area (Å²) in [6, 6.07) is 9.73. The fourth-order valence-corrected chi connectivity index (χ4v) is 2.53. The van der Waals surface area contributed by atoms with Crippen molar-refractivity contribution in [3.63, 3.8) is 0 Å². The molecule has 4 nitrogen and oxygen atoms in total. The molecule has 0 bridgehead atoms. The van der Waals surface area contributed by atoms with E-state index in [1.165, 1.54) is 0 Å². The lowest BCUT2D eigenvalue weighted by atomic mass is 10.1. The third-order valence-corrected chi connectivity index (χ3v) is 4.00. The summed E-state index contributed by atoms with van der Waals surface area (Å²) in [6.07, 6.45) is 1.82. The van der Waals surface area contributed by atoms with Gasteiger partial charge in [-0.1, -0.05) is 12.1 Å². The van der Waals surface area contributed by atoms with E-state index >= 15 is 0 Å². The fraction of sp³-hybridized carbons (Fsp3) is 0.333. The lowest BCUT2D eigenvalue weighted by molar-refractivity contribution is 0.366. The van der Waals surface area contributed by atoms with Crippen molar-refractivity contribution in [3.8, 4) is 11.8 Å². The van der Waals surface area contributed by atoms with Gasteiger partial charge in [0.25, 0.3) is 0 Å². The second-order valence-corrected chi connectivity index (χ2v) is 5.80. The van der Waals surface area contributed by atoms with Crippen LogP contribution in [0.25, 0.3) is 0 Å². The quantitative estimate of drug-likeness (QED) is 0.887. The normalized spacial score (nSPS) is 11.1. The molecule has 0 aliphatic heterocycles. The molecule has 104 valence electrons. The molecule has 0 saturated heterocycles. The van der Waals surface area contributed by atoms with Gasteiger partial charge in [0.05, 0.1) is 5.54 Å². The SMILES string of the molecule is CC(C)(NCc1cccc(OCC#N)c1)c1nccs1. The van der Waals surface area contributed by atoms with E-state index in [9.17, 15) is 0 Å². The first-order valence-electron chi connectivity index (χ1n) is 6.35. The van der Waals surface area contributed by atoms with Crippen LogP contribution in [0.4, 0.5) is 0 Å². The summed E-state index contributed by atoms with van der Waals surface area (Å²) in [5, 5.41) is 15.1. The molecule has 1 N–H and O–H groups in total. The van der Waals surface area contributed by atoms with Crippen LogP contribution >= 0.6 is 11.3 Å². The maximum absolute atomic E-state index is 8.52. The minimum absolute atomic E-state index is 0.0709. The molecule has 0 atom stereocenters. The molecular weight excluding hydrogens is 270 g/mol. The van der Waals surface area contributed by atoms with Gasteiger partial charge in [-0.25, -0.2) is 4.98 Å². The number of nitriles is 1. The van der Waals surface area contributed by atoms with Crippen LogP contribution in [0.3, 0.4) is 0 Å². The topological polar surface area (TPSA) is 57.9 Å². The zero-order valence-corrected chi connectivity index (χ0v) is 12.4. The molecule has 0 aliphatic carbocycles. The third-order valence-electron chi connectivity index (χ3n) is 2.90. The molecule has 0 saturated carbocycles. The van der Waals surface area contributed by atoms with Crippen molar-refractivity contribution in [2.24, 2.45) is 0 Å². The van der Waals surface area contributed by atoms with Crippen LogP contribution in [0.1, 0.15) is 24.4 Å². The highest BCUT2D eigenvalue weighted by Gasteiger charge is 2.22. The fourth-order valence-electron chi connectivity index (χ4n) is 1.79. The molecule has 0 fully saturated rings. The second kappa shape index (κ2) is 6.51. The Morgan fingerprint density at radius 1 is 1.45 bits per heavy atom. The number of thiazole rings is 1. The minimum Gasteiger partial charge on any atom is -0.479 e. The summed E-state index contributed by atoms with van der Waals surface area (Å²) >= 11 is 1.64. The number of ether oxygens (including phenoxy) is 1. The Bertz CT molecular complexity index is 587. The summed E-state index contributed by atoms with van der Waals surface area (Å²) in [5.41, 5.74) is 0.947. The van der Waals surface area contributed by atoms with E-state index in [1.54, 1.807) is 11.3 Å². The van der Waals surface area contributed by atoms with Crippen LogP contribution in [0.15, 0.2) is 35.8 Å². The zero-order chi connectivity index (χ0) is 14.4. The molecule has 0 amide bonds. The lowest BCUT2D eigenvalue weighted by Crippen LogP contribution is -2.35. The maximum atomic E-state index is 8.52. The molecule has 1 aromatic heterocycles. The first kappa shape index (κ1) is 14.5. The van der Waals surface area contributed by atoms with Crippen molar-refractivity contribution in [2.75, 3.05) is 6.61 Å². The monoisotopic (exact) mass is 287 g/mol. The third kappa shape index (κ3) is 3.80. The van der Waals surface area contributed by atoms with Gasteiger partial charge in [0.1, 0.15) is 16.8 Å². The Labute approximate surface area is 123 Å². The molecule has 1 aromatic carbocycles. The maximum Gasteiger partial charge on any atom is 0.174 e. The van der Waals surface area contributed by atoms with Crippen LogP contribution in [-0.4, -0.2) is 11.6 Å². The summed E-state index contributed by atoms with van der Waals surface area (Å²) in [7, 11) is 0. The highest BCUT2D eigenvalue weighted by Crippen LogP contribution is 2.23. The number of hydrogen-bond donors (Lipinski definition) is 1. The van der Waals surface area contributed by atoms with Crippen molar-refractivity contribution >= 4 is 11.3 Å². The number of nitrogens with zero attached hydrogens (tertiary/aromatic N) is 2. The van der Waals surface area contributed by atoms with Crippen LogP contribution in [0, 0.1) is 11.3 Å². The van der Waals surface area contributed by atoms with E-state index in [0.29, 0.717) is 0 Å². The van der Waals surface area contributed by atoms with Gasteiger partial charge in [0.15, 0.2) is 6.61 Å². The van der Waals surface area contributed by atoms with Crippen molar-refractivity contribution in [3.05, 3.63) is 46.4 Å². The van der Waals surface area contributed by atoms with Gasteiger partial charge in [-0.05, 0) is 31.5 Å². The molecule has 2 rings (SSSR count). The van der Waals surface area contributed by atoms with Crippen molar-refractivity contribution in [1.29, 1.82) is 5.26 Å². The number of aromatic nitrogens is 1. The van der Waals surface area contributed by atoms with Crippen LogP contribution in [0.5, 0.6) is 5.75 Å². The largest absolute Gasteiger partial charge is 0.479 e. The predicted molar refractivity (Wildman–Crippen MR) is 79.5 cm³/mol. The average Bonchev–Trinajstić information content (AvgIpc) is 2.98. The van der Waals surface area contributed by atoms with Gasteiger partial charge in [-0.15, -0.1) is 11.3 Å². The van der Waals surface area contributed by atoms with E-state index in [2.05, 4.69) is 24.1 Å². The molecule has 0 aliphatic rings. The molecule has 20 heavy (non-hydrogen) atoms. The summed E-state index contributed by atoms with van der Waals surface area (Å²) in [4.78, 5) is 4.35. The molecule has 2 aromatic rings. The number of rotatable bonds is 6. The van der Waals surface area contributed by atoms with Crippen LogP contribution in [0.2, 0.25) is 0 Å². The van der Waals surface area contributed by atoms with E-state index in [1.807, 2.05) is 41.9 Å². The van der Waals surface area contributed by atoms with Gasteiger partial charge in [0.2, 0.25) is 0 Å². The van der Waals surface area contributed by atoms with E-state index in [0.717, 1.165) is 22.9 Å². The Balaban J connectivity index is 1.99. The van der Waals surface area contributed by atoms with Gasteiger partial charge >= 0.3 is 0 Å². The summed E-state index contributed by atoms with van der Waals surface area (Å²) < 4.78 is 5.30. The second-order valence-electron chi connectivity index (χ2n) is 4.91. The Kier molecular flexibility index (Phi) is 4.72. The molecule has 0 spiro atoms. The standard InChI is InChI=1S/C15H17N3OS/c1-15(2,14-17-7-9-20-14)18-11-12-4-3-5-13(10-12)19-8-6-16/h3-5,7,9-10,18H,8,11H2,1-2H3. The van der Waals surface area contributed by atoms with Gasteiger partial charge in [0, 0.05) is 18.1 Å². The minimum atomic E-state index is -0.169. The Morgan fingerprint density at radius 2 is 2.30 bits per heavy atom. The van der Waals surface area contributed by atoms with E-state index in [-0.39, 0.29) is 12.1 Å². The number of nitrogens with one attached hydrogen (secondary N) is 1. The van der Waals surface area contributed by atoms with Crippen molar-refractivity contribution in [1.82, 2.24) is 10.3 Å².